The molecule has 4 fully saturated rings. The van der Waals surface area contributed by atoms with Crippen LogP contribution in [0.4, 0.5) is 22.0 Å². The number of halogens is 6. The Morgan fingerprint density at radius 1 is 0.638 bits per heavy atom. The molecule has 4 aliphatic heterocycles. The third kappa shape index (κ3) is 13.7. The molecule has 3 aromatic rings. The van der Waals surface area contributed by atoms with Crippen molar-refractivity contribution in [2.45, 2.75) is 95.6 Å². The number of nitriles is 2. The van der Waals surface area contributed by atoms with Gasteiger partial charge in [-0.3, -0.25) is 0 Å². The van der Waals surface area contributed by atoms with Crippen molar-refractivity contribution in [1.29, 1.82) is 10.5 Å². The molecule has 6 nitrogen and oxygen atoms in total. The molecule has 12 heteroatoms. The van der Waals surface area contributed by atoms with Crippen LogP contribution in [0.15, 0.2) is 54.6 Å². The van der Waals surface area contributed by atoms with E-state index in [-0.39, 0.29) is 28.8 Å². The van der Waals surface area contributed by atoms with Crippen molar-refractivity contribution in [3.63, 3.8) is 0 Å². The van der Waals surface area contributed by atoms with Gasteiger partial charge in [0.05, 0.1) is 21.7 Å². The van der Waals surface area contributed by atoms with E-state index in [4.69, 9.17) is 22.1 Å². The van der Waals surface area contributed by atoms with Crippen LogP contribution in [0, 0.1) is 34.3 Å². The molecule has 1 N–H and O–H groups in total. The van der Waals surface area contributed by atoms with E-state index >= 15 is 0 Å². The highest BCUT2D eigenvalue weighted by molar-refractivity contribution is 6.32. The monoisotopic (exact) mass is 826 g/mol. The minimum absolute atomic E-state index is 0.108. The molecule has 0 radical (unpaired) electrons. The van der Waals surface area contributed by atoms with E-state index < -0.39 is 17.6 Å². The SMILES string of the molecule is C1CCNCC1.CCN1CCC(c2cccc(C#N)c2Cl)CC1.CCN1CCC(c2cccc(C#N)c2F)CC1.CN1CCC(c2cccc(C(F)(F)F)c2F)CC1. The van der Waals surface area contributed by atoms with Crippen molar-refractivity contribution < 1.29 is 22.0 Å². The molecule has 7 rings (SSSR count). The van der Waals surface area contributed by atoms with Crippen molar-refractivity contribution in [1.82, 2.24) is 20.0 Å². The molecule has 0 bridgehead atoms. The van der Waals surface area contributed by atoms with E-state index in [1.165, 1.54) is 44.5 Å². The van der Waals surface area contributed by atoms with Gasteiger partial charge in [-0.05, 0) is 177 Å². The lowest BCUT2D eigenvalue weighted by molar-refractivity contribution is -0.140. The molecule has 0 aliphatic carbocycles. The molecule has 3 aromatic carbocycles. The van der Waals surface area contributed by atoms with E-state index in [9.17, 15) is 22.0 Å². The standard InChI is InChI=1S/C14H17ClN2.C14H17FN2.C13H15F4N.C5H11N/c2*1-2-17-8-6-11(7-9-17)13-5-3-4-12(10-16)14(13)15;1-18-7-5-9(6-8-18)10-3-2-4-11(12(10)14)13(15,16)17;1-2-4-6-5-3-1/h2*3-5,11H,2,6-9H2,1H3;2-4,9H,5-8H2,1H3;6H,1-5H2. The number of hydrogen-bond acceptors (Lipinski definition) is 6. The van der Waals surface area contributed by atoms with Crippen LogP contribution in [-0.4, -0.2) is 87.2 Å². The lowest BCUT2D eigenvalue weighted by Gasteiger charge is -2.31. The smallest absolute Gasteiger partial charge is 0.317 e. The molecule has 0 aromatic heterocycles. The number of benzene rings is 3. The Kier molecular flexibility index (Phi) is 19.4. The highest BCUT2D eigenvalue weighted by Gasteiger charge is 2.36. The predicted molar refractivity (Wildman–Crippen MR) is 223 cm³/mol. The molecule has 0 amide bonds. The first-order valence-electron chi connectivity index (χ1n) is 21.0. The average molecular weight is 827 g/mol. The summed E-state index contributed by atoms with van der Waals surface area (Å²) in [7, 11) is 1.96. The molecular weight excluding hydrogens is 767 g/mol. The van der Waals surface area contributed by atoms with Gasteiger partial charge in [-0.15, -0.1) is 0 Å². The normalized spacial score (nSPS) is 18.9. The average Bonchev–Trinajstić information content (AvgIpc) is 3.25. The first kappa shape index (κ1) is 47.1. The lowest BCUT2D eigenvalue weighted by atomic mass is 9.88. The fourth-order valence-electron chi connectivity index (χ4n) is 8.23. The highest BCUT2D eigenvalue weighted by Crippen LogP contribution is 2.37. The Bertz CT molecular complexity index is 1680. The van der Waals surface area contributed by atoms with Crippen molar-refractivity contribution in [3.05, 3.63) is 105 Å². The van der Waals surface area contributed by atoms with Crippen LogP contribution < -0.4 is 5.32 Å². The van der Waals surface area contributed by atoms with Crippen LogP contribution >= 0.6 is 11.6 Å². The lowest BCUT2D eigenvalue weighted by Crippen LogP contribution is -2.32. The Hall–Kier alpha value is -3.58. The minimum Gasteiger partial charge on any atom is -0.317 e. The van der Waals surface area contributed by atoms with Gasteiger partial charge in [-0.2, -0.15) is 23.7 Å². The van der Waals surface area contributed by atoms with Gasteiger partial charge in [0.1, 0.15) is 23.8 Å². The van der Waals surface area contributed by atoms with Gasteiger partial charge >= 0.3 is 6.18 Å². The summed E-state index contributed by atoms with van der Waals surface area (Å²) < 4.78 is 65.7. The molecule has 4 heterocycles. The molecule has 316 valence electrons. The predicted octanol–water partition coefficient (Wildman–Crippen LogP) is 10.7. The van der Waals surface area contributed by atoms with Gasteiger partial charge in [0, 0.05) is 0 Å². The molecule has 0 atom stereocenters. The van der Waals surface area contributed by atoms with Crippen LogP contribution in [-0.2, 0) is 6.18 Å². The number of nitrogens with zero attached hydrogens (tertiary/aromatic N) is 5. The van der Waals surface area contributed by atoms with Gasteiger partial charge < -0.3 is 20.0 Å². The summed E-state index contributed by atoms with van der Waals surface area (Å²) in [6.07, 6.45) is 5.26. The first-order valence-corrected chi connectivity index (χ1v) is 21.4. The Morgan fingerprint density at radius 3 is 1.50 bits per heavy atom. The molecule has 4 aliphatic rings. The first-order chi connectivity index (χ1) is 27.9. The van der Waals surface area contributed by atoms with Crippen molar-refractivity contribution in [3.8, 4) is 12.1 Å². The molecule has 0 unspecified atom stereocenters. The summed E-state index contributed by atoms with van der Waals surface area (Å²) in [6, 6.07) is 18.6. The van der Waals surface area contributed by atoms with Crippen molar-refractivity contribution >= 4 is 11.6 Å². The van der Waals surface area contributed by atoms with Crippen molar-refractivity contribution in [2.24, 2.45) is 0 Å². The molecule has 0 saturated carbocycles. The third-order valence-corrected chi connectivity index (χ3v) is 12.4. The number of hydrogen-bond donors (Lipinski definition) is 1. The Morgan fingerprint density at radius 2 is 1.07 bits per heavy atom. The molecule has 0 spiro atoms. The van der Waals surface area contributed by atoms with Gasteiger partial charge in [0.2, 0.25) is 0 Å². The summed E-state index contributed by atoms with van der Waals surface area (Å²) in [5, 5.41) is 21.7. The number of likely N-dealkylation sites (tertiary alicyclic amines) is 3. The second-order valence-corrected chi connectivity index (χ2v) is 16.0. The number of alkyl halides is 3. The van der Waals surface area contributed by atoms with Crippen molar-refractivity contribution in [2.75, 3.05) is 72.5 Å². The molecule has 58 heavy (non-hydrogen) atoms. The number of piperidine rings is 4. The second-order valence-electron chi connectivity index (χ2n) is 15.7. The van der Waals surface area contributed by atoms with E-state index in [1.807, 2.05) is 25.2 Å². The van der Waals surface area contributed by atoms with E-state index in [2.05, 4.69) is 46.0 Å². The fourth-order valence-corrected chi connectivity index (χ4v) is 8.55. The summed E-state index contributed by atoms with van der Waals surface area (Å²) in [6.45, 7) is 14.9. The Balaban J connectivity index is 0.000000179. The fraction of sp³-hybridized carbons (Fsp3) is 0.565. The quantitative estimate of drug-likeness (QED) is 0.259. The summed E-state index contributed by atoms with van der Waals surface area (Å²) in [4.78, 5) is 6.93. The Labute approximate surface area is 348 Å². The van der Waals surface area contributed by atoms with Gasteiger partial charge in [-0.1, -0.05) is 68.3 Å². The second kappa shape index (κ2) is 23.9. The van der Waals surface area contributed by atoms with Gasteiger partial charge in [0.25, 0.3) is 0 Å². The van der Waals surface area contributed by atoms with Gasteiger partial charge in [0.15, 0.2) is 0 Å². The molecular formula is C46H60ClF5N6. The van der Waals surface area contributed by atoms with E-state index in [0.717, 1.165) is 95.2 Å². The maximum Gasteiger partial charge on any atom is 0.419 e. The van der Waals surface area contributed by atoms with Crippen LogP contribution in [0.2, 0.25) is 5.02 Å². The maximum absolute atomic E-state index is 14.0. The topological polar surface area (TPSA) is 69.3 Å². The van der Waals surface area contributed by atoms with Crippen LogP contribution in [0.1, 0.15) is 123 Å². The van der Waals surface area contributed by atoms with Gasteiger partial charge in [-0.25, -0.2) is 8.78 Å². The largest absolute Gasteiger partial charge is 0.419 e. The van der Waals surface area contributed by atoms with Crippen LogP contribution in [0.5, 0.6) is 0 Å². The summed E-state index contributed by atoms with van der Waals surface area (Å²) >= 11 is 6.28. The number of rotatable bonds is 5. The molecule has 4 saturated heterocycles. The van der Waals surface area contributed by atoms with Crippen LogP contribution in [0.3, 0.4) is 0 Å². The van der Waals surface area contributed by atoms with E-state index in [1.54, 1.807) is 18.2 Å². The highest BCUT2D eigenvalue weighted by atomic mass is 35.5. The van der Waals surface area contributed by atoms with Crippen LogP contribution in [0.25, 0.3) is 0 Å². The summed E-state index contributed by atoms with van der Waals surface area (Å²) in [5.74, 6) is -0.738. The minimum atomic E-state index is -4.62. The zero-order valence-corrected chi connectivity index (χ0v) is 35.1. The van der Waals surface area contributed by atoms with E-state index in [0.29, 0.717) is 29.3 Å². The number of nitrogens with one attached hydrogen (secondary N) is 1. The summed E-state index contributed by atoms with van der Waals surface area (Å²) in [5.41, 5.74) is 1.70. The zero-order chi connectivity index (χ0) is 42.1. The maximum atomic E-state index is 14.0. The third-order valence-electron chi connectivity index (χ3n) is 11.9. The zero-order valence-electron chi connectivity index (χ0n) is 34.4.